The minimum Gasteiger partial charge on any atom is -0.382 e. The molecule has 1 rings (SSSR count). The molecule has 118 valence electrons. The standard InChI is InChI=1S/C16H26BrN3O/c1-3-18-16(19-10-5-6-11-21-4-2)20-13-14-8-7-9-15(17)12-14/h7-9,12H,3-6,10-11,13H2,1-2H3,(H2,18,19,20). The normalized spacial score (nSPS) is 11.5. The summed E-state index contributed by atoms with van der Waals surface area (Å²) in [5.74, 6) is 0.869. The molecule has 0 bridgehead atoms. The fourth-order valence-corrected chi connectivity index (χ4v) is 2.27. The van der Waals surface area contributed by atoms with Crippen molar-refractivity contribution in [1.29, 1.82) is 0 Å². The van der Waals surface area contributed by atoms with Gasteiger partial charge in [0, 0.05) is 30.8 Å². The molecule has 0 fully saturated rings. The number of rotatable bonds is 9. The van der Waals surface area contributed by atoms with E-state index in [1.807, 2.05) is 19.1 Å². The van der Waals surface area contributed by atoms with Crippen LogP contribution in [-0.2, 0) is 11.3 Å². The molecular formula is C16H26BrN3O. The van der Waals surface area contributed by atoms with Crippen LogP contribution in [-0.4, -0.2) is 32.3 Å². The molecule has 1 aromatic carbocycles. The van der Waals surface area contributed by atoms with Crippen LogP contribution in [0.5, 0.6) is 0 Å². The maximum atomic E-state index is 5.33. The molecule has 21 heavy (non-hydrogen) atoms. The molecule has 0 unspecified atom stereocenters. The Morgan fingerprint density at radius 3 is 2.81 bits per heavy atom. The largest absolute Gasteiger partial charge is 0.382 e. The number of unbranched alkanes of at least 4 members (excludes halogenated alkanes) is 1. The van der Waals surface area contributed by atoms with E-state index in [4.69, 9.17) is 4.74 Å². The van der Waals surface area contributed by atoms with Crippen LogP contribution in [0.1, 0.15) is 32.3 Å². The first kappa shape index (κ1) is 18.0. The number of hydrogen-bond acceptors (Lipinski definition) is 2. The molecule has 2 N–H and O–H groups in total. The van der Waals surface area contributed by atoms with Crippen molar-refractivity contribution >= 4 is 21.9 Å². The number of halogens is 1. The quantitative estimate of drug-likeness (QED) is 0.405. The Morgan fingerprint density at radius 2 is 2.10 bits per heavy atom. The van der Waals surface area contributed by atoms with Gasteiger partial charge in [-0.05, 0) is 44.4 Å². The highest BCUT2D eigenvalue weighted by atomic mass is 79.9. The zero-order valence-electron chi connectivity index (χ0n) is 13.0. The van der Waals surface area contributed by atoms with E-state index in [-0.39, 0.29) is 0 Å². The Bertz CT molecular complexity index is 424. The fourth-order valence-electron chi connectivity index (χ4n) is 1.83. The number of hydrogen-bond donors (Lipinski definition) is 2. The zero-order chi connectivity index (χ0) is 15.3. The first-order valence-electron chi connectivity index (χ1n) is 7.60. The van der Waals surface area contributed by atoms with Crippen LogP contribution in [0.2, 0.25) is 0 Å². The molecule has 0 aromatic heterocycles. The minimum atomic E-state index is 0.674. The van der Waals surface area contributed by atoms with E-state index in [2.05, 4.69) is 50.6 Å². The summed E-state index contributed by atoms with van der Waals surface area (Å²) in [6, 6.07) is 8.23. The van der Waals surface area contributed by atoms with E-state index >= 15 is 0 Å². The molecule has 0 spiro atoms. The number of ether oxygens (including phenoxy) is 1. The van der Waals surface area contributed by atoms with Gasteiger partial charge in [-0.1, -0.05) is 28.1 Å². The highest BCUT2D eigenvalue weighted by Gasteiger charge is 1.98. The van der Waals surface area contributed by atoms with Crippen LogP contribution in [0.3, 0.4) is 0 Å². The summed E-state index contributed by atoms with van der Waals surface area (Å²) in [4.78, 5) is 4.60. The summed E-state index contributed by atoms with van der Waals surface area (Å²) in [6.07, 6.45) is 2.16. The zero-order valence-corrected chi connectivity index (χ0v) is 14.6. The molecule has 0 radical (unpaired) electrons. The van der Waals surface area contributed by atoms with Crippen molar-refractivity contribution in [2.45, 2.75) is 33.2 Å². The minimum absolute atomic E-state index is 0.674. The molecule has 0 amide bonds. The smallest absolute Gasteiger partial charge is 0.191 e. The number of nitrogens with one attached hydrogen (secondary N) is 2. The van der Waals surface area contributed by atoms with Gasteiger partial charge in [0.05, 0.1) is 6.54 Å². The van der Waals surface area contributed by atoms with E-state index in [1.54, 1.807) is 0 Å². The molecular weight excluding hydrogens is 330 g/mol. The molecule has 5 heteroatoms. The third kappa shape index (κ3) is 8.73. The summed E-state index contributed by atoms with van der Waals surface area (Å²) in [7, 11) is 0. The number of benzene rings is 1. The summed E-state index contributed by atoms with van der Waals surface area (Å²) >= 11 is 3.48. The van der Waals surface area contributed by atoms with Gasteiger partial charge in [0.25, 0.3) is 0 Å². The predicted octanol–water partition coefficient (Wildman–Crippen LogP) is 3.32. The third-order valence-electron chi connectivity index (χ3n) is 2.87. The third-order valence-corrected chi connectivity index (χ3v) is 3.36. The Kier molecular flexibility index (Phi) is 9.91. The van der Waals surface area contributed by atoms with Crippen molar-refractivity contribution < 1.29 is 4.74 Å². The summed E-state index contributed by atoms with van der Waals surface area (Å²) in [5, 5.41) is 6.62. The molecule has 0 aliphatic carbocycles. The number of guanidine groups is 1. The molecule has 0 saturated heterocycles. The Hall–Kier alpha value is -1.07. The Balaban J connectivity index is 2.35. The predicted molar refractivity (Wildman–Crippen MR) is 92.7 cm³/mol. The number of nitrogens with zero attached hydrogens (tertiary/aromatic N) is 1. The second kappa shape index (κ2) is 11.6. The lowest BCUT2D eigenvalue weighted by atomic mass is 10.2. The molecule has 0 saturated carbocycles. The van der Waals surface area contributed by atoms with Crippen LogP contribution in [0.15, 0.2) is 33.7 Å². The van der Waals surface area contributed by atoms with E-state index in [9.17, 15) is 0 Å². The van der Waals surface area contributed by atoms with Crippen LogP contribution in [0.4, 0.5) is 0 Å². The van der Waals surface area contributed by atoms with Crippen molar-refractivity contribution in [2.24, 2.45) is 4.99 Å². The van der Waals surface area contributed by atoms with Gasteiger partial charge in [-0.15, -0.1) is 0 Å². The summed E-state index contributed by atoms with van der Waals surface area (Å²) in [5.41, 5.74) is 1.19. The number of aliphatic imine (C=N–C) groups is 1. The van der Waals surface area contributed by atoms with Gasteiger partial charge in [-0.25, -0.2) is 4.99 Å². The second-order valence-corrected chi connectivity index (χ2v) is 5.57. The Labute approximate surface area is 136 Å². The Morgan fingerprint density at radius 1 is 1.24 bits per heavy atom. The van der Waals surface area contributed by atoms with E-state index in [1.165, 1.54) is 5.56 Å². The van der Waals surface area contributed by atoms with Crippen LogP contribution >= 0.6 is 15.9 Å². The van der Waals surface area contributed by atoms with Gasteiger partial charge in [-0.2, -0.15) is 0 Å². The second-order valence-electron chi connectivity index (χ2n) is 4.66. The summed E-state index contributed by atoms with van der Waals surface area (Å²) < 4.78 is 6.41. The van der Waals surface area contributed by atoms with Crippen LogP contribution in [0, 0.1) is 0 Å². The summed E-state index contributed by atoms with van der Waals surface area (Å²) in [6.45, 7) is 8.18. The molecule has 4 nitrogen and oxygen atoms in total. The molecule has 0 aliphatic rings. The molecule has 0 heterocycles. The average Bonchev–Trinajstić information content (AvgIpc) is 2.48. The molecule has 0 atom stereocenters. The van der Waals surface area contributed by atoms with Gasteiger partial charge in [0.1, 0.15) is 0 Å². The first-order chi connectivity index (χ1) is 10.3. The van der Waals surface area contributed by atoms with Gasteiger partial charge in [0.15, 0.2) is 5.96 Å². The highest BCUT2D eigenvalue weighted by molar-refractivity contribution is 9.10. The topological polar surface area (TPSA) is 45.7 Å². The van der Waals surface area contributed by atoms with Gasteiger partial charge >= 0.3 is 0 Å². The van der Waals surface area contributed by atoms with Gasteiger partial charge in [0.2, 0.25) is 0 Å². The van der Waals surface area contributed by atoms with Crippen molar-refractivity contribution in [3.63, 3.8) is 0 Å². The van der Waals surface area contributed by atoms with Gasteiger partial charge in [-0.3, -0.25) is 0 Å². The van der Waals surface area contributed by atoms with Crippen LogP contribution in [0.25, 0.3) is 0 Å². The van der Waals surface area contributed by atoms with Crippen molar-refractivity contribution in [3.8, 4) is 0 Å². The lowest BCUT2D eigenvalue weighted by molar-refractivity contribution is 0.143. The monoisotopic (exact) mass is 355 g/mol. The first-order valence-corrected chi connectivity index (χ1v) is 8.40. The van der Waals surface area contributed by atoms with Crippen molar-refractivity contribution in [3.05, 3.63) is 34.3 Å². The van der Waals surface area contributed by atoms with Gasteiger partial charge < -0.3 is 15.4 Å². The average molecular weight is 356 g/mol. The SMILES string of the molecule is CCNC(=NCc1cccc(Br)c1)NCCCCOCC. The molecule has 1 aromatic rings. The van der Waals surface area contributed by atoms with E-state index in [0.717, 1.165) is 49.6 Å². The van der Waals surface area contributed by atoms with Crippen molar-refractivity contribution in [2.75, 3.05) is 26.3 Å². The lowest BCUT2D eigenvalue weighted by Crippen LogP contribution is -2.37. The molecule has 0 aliphatic heterocycles. The van der Waals surface area contributed by atoms with Crippen LogP contribution < -0.4 is 10.6 Å². The van der Waals surface area contributed by atoms with E-state index in [0.29, 0.717) is 6.54 Å². The van der Waals surface area contributed by atoms with E-state index < -0.39 is 0 Å². The van der Waals surface area contributed by atoms with Crippen molar-refractivity contribution in [1.82, 2.24) is 10.6 Å². The maximum absolute atomic E-state index is 5.33. The lowest BCUT2D eigenvalue weighted by Gasteiger charge is -2.11. The highest BCUT2D eigenvalue weighted by Crippen LogP contribution is 2.12. The maximum Gasteiger partial charge on any atom is 0.191 e. The fraction of sp³-hybridized carbons (Fsp3) is 0.562.